The van der Waals surface area contributed by atoms with Crippen LogP contribution in [0.25, 0.3) is 0 Å². The molecule has 0 fully saturated rings. The quantitative estimate of drug-likeness (QED) is 0.686. The summed E-state index contributed by atoms with van der Waals surface area (Å²) < 4.78 is 0. The van der Waals surface area contributed by atoms with E-state index in [1.807, 2.05) is 19.2 Å². The van der Waals surface area contributed by atoms with Crippen LogP contribution in [0.1, 0.15) is 44.2 Å². The van der Waals surface area contributed by atoms with Crippen molar-refractivity contribution >= 4 is 11.6 Å². The molecule has 1 rings (SSSR count). The first-order chi connectivity index (χ1) is 9.17. The van der Waals surface area contributed by atoms with E-state index in [4.69, 9.17) is 11.6 Å². The second-order valence-corrected chi connectivity index (χ2v) is 5.63. The van der Waals surface area contributed by atoms with E-state index in [1.165, 1.54) is 31.4 Å². The number of rotatable bonds is 9. The highest BCUT2D eigenvalue weighted by Crippen LogP contribution is 2.19. The normalized spacial score (nSPS) is 12.9. The highest BCUT2D eigenvalue weighted by Gasteiger charge is 2.10. The number of unbranched alkanes of at least 4 members (excludes halogenated alkanes) is 2. The van der Waals surface area contributed by atoms with Crippen LogP contribution in [-0.2, 0) is 0 Å². The van der Waals surface area contributed by atoms with Gasteiger partial charge in [0.2, 0.25) is 0 Å². The summed E-state index contributed by atoms with van der Waals surface area (Å²) in [6.07, 6.45) is 5.05. The molecule has 1 N–H and O–H groups in total. The molecule has 0 heterocycles. The smallest absolute Gasteiger partial charge is 0.0406 e. The van der Waals surface area contributed by atoms with Gasteiger partial charge in [0.1, 0.15) is 0 Å². The maximum Gasteiger partial charge on any atom is 0.0406 e. The SMILES string of the molecule is CCCCCN(C)CCC(NC)c1ccc(Cl)cc1. The number of hydrogen-bond acceptors (Lipinski definition) is 2. The Kier molecular flexibility index (Phi) is 8.11. The molecule has 3 heteroatoms. The molecule has 108 valence electrons. The summed E-state index contributed by atoms with van der Waals surface area (Å²) in [5, 5.41) is 4.19. The fourth-order valence-electron chi connectivity index (χ4n) is 2.27. The van der Waals surface area contributed by atoms with Crippen molar-refractivity contribution < 1.29 is 0 Å². The van der Waals surface area contributed by atoms with Crippen molar-refractivity contribution in [3.8, 4) is 0 Å². The minimum absolute atomic E-state index is 0.408. The fourth-order valence-corrected chi connectivity index (χ4v) is 2.39. The Bertz CT molecular complexity index is 337. The van der Waals surface area contributed by atoms with Crippen molar-refractivity contribution in [3.05, 3.63) is 34.9 Å². The van der Waals surface area contributed by atoms with Crippen LogP contribution in [0.15, 0.2) is 24.3 Å². The van der Waals surface area contributed by atoms with Crippen LogP contribution in [0, 0.1) is 0 Å². The van der Waals surface area contributed by atoms with Gasteiger partial charge in [-0.15, -0.1) is 0 Å². The zero-order valence-electron chi connectivity index (χ0n) is 12.5. The molecule has 0 radical (unpaired) electrons. The molecule has 0 aromatic heterocycles. The van der Waals surface area contributed by atoms with E-state index in [0.717, 1.165) is 18.0 Å². The van der Waals surface area contributed by atoms with E-state index in [0.29, 0.717) is 6.04 Å². The monoisotopic (exact) mass is 282 g/mol. The molecule has 0 aliphatic carbocycles. The first kappa shape index (κ1) is 16.5. The van der Waals surface area contributed by atoms with Gasteiger partial charge in [-0.05, 0) is 57.7 Å². The summed E-state index contributed by atoms with van der Waals surface area (Å²) in [6, 6.07) is 8.56. The first-order valence-electron chi connectivity index (χ1n) is 7.28. The molecule has 0 aliphatic rings. The zero-order chi connectivity index (χ0) is 14.1. The van der Waals surface area contributed by atoms with Gasteiger partial charge in [-0.25, -0.2) is 0 Å². The second-order valence-electron chi connectivity index (χ2n) is 5.19. The van der Waals surface area contributed by atoms with Crippen LogP contribution < -0.4 is 5.32 Å². The molecule has 1 unspecified atom stereocenters. The van der Waals surface area contributed by atoms with Gasteiger partial charge in [0, 0.05) is 11.1 Å². The third-order valence-electron chi connectivity index (χ3n) is 3.56. The Morgan fingerprint density at radius 1 is 1.16 bits per heavy atom. The highest BCUT2D eigenvalue weighted by molar-refractivity contribution is 6.30. The molecule has 0 bridgehead atoms. The predicted octanol–water partition coefficient (Wildman–Crippen LogP) is 4.11. The third-order valence-corrected chi connectivity index (χ3v) is 3.82. The van der Waals surface area contributed by atoms with Crippen LogP contribution in [-0.4, -0.2) is 32.1 Å². The summed E-state index contributed by atoms with van der Waals surface area (Å²) in [5.74, 6) is 0. The largest absolute Gasteiger partial charge is 0.313 e. The Labute approximate surface area is 123 Å². The molecule has 0 spiro atoms. The fraction of sp³-hybridized carbons (Fsp3) is 0.625. The lowest BCUT2D eigenvalue weighted by atomic mass is 10.0. The van der Waals surface area contributed by atoms with E-state index < -0.39 is 0 Å². The van der Waals surface area contributed by atoms with E-state index in [9.17, 15) is 0 Å². The lowest BCUT2D eigenvalue weighted by Gasteiger charge is -2.21. The van der Waals surface area contributed by atoms with Crippen LogP contribution >= 0.6 is 11.6 Å². The van der Waals surface area contributed by atoms with E-state index in [2.05, 4.69) is 36.3 Å². The summed E-state index contributed by atoms with van der Waals surface area (Å²) in [7, 11) is 4.24. The second kappa shape index (κ2) is 9.35. The van der Waals surface area contributed by atoms with Gasteiger partial charge in [-0.1, -0.05) is 43.5 Å². The molecule has 1 aromatic rings. The van der Waals surface area contributed by atoms with Gasteiger partial charge < -0.3 is 10.2 Å². The summed E-state index contributed by atoms with van der Waals surface area (Å²) in [6.45, 7) is 4.57. The average molecular weight is 283 g/mol. The topological polar surface area (TPSA) is 15.3 Å². The molecule has 0 saturated carbocycles. The summed E-state index contributed by atoms with van der Waals surface area (Å²) in [5.41, 5.74) is 1.31. The van der Waals surface area contributed by atoms with Crippen molar-refractivity contribution in [2.75, 3.05) is 27.2 Å². The first-order valence-corrected chi connectivity index (χ1v) is 7.66. The van der Waals surface area contributed by atoms with Crippen LogP contribution in [0.2, 0.25) is 5.02 Å². The molecule has 1 aromatic carbocycles. The summed E-state index contributed by atoms with van der Waals surface area (Å²) in [4.78, 5) is 2.43. The van der Waals surface area contributed by atoms with Crippen molar-refractivity contribution in [1.29, 1.82) is 0 Å². The minimum atomic E-state index is 0.408. The molecule has 1 atom stereocenters. The van der Waals surface area contributed by atoms with Crippen LogP contribution in [0.4, 0.5) is 0 Å². The maximum absolute atomic E-state index is 5.93. The van der Waals surface area contributed by atoms with Crippen molar-refractivity contribution in [2.24, 2.45) is 0 Å². The number of hydrogen-bond donors (Lipinski definition) is 1. The Balaban J connectivity index is 2.38. The lowest BCUT2D eigenvalue weighted by molar-refractivity contribution is 0.304. The number of benzene rings is 1. The Morgan fingerprint density at radius 2 is 1.84 bits per heavy atom. The predicted molar refractivity (Wildman–Crippen MR) is 84.9 cm³/mol. The Hall–Kier alpha value is -0.570. The molecule has 0 amide bonds. The zero-order valence-corrected chi connectivity index (χ0v) is 13.2. The van der Waals surface area contributed by atoms with Crippen molar-refractivity contribution in [1.82, 2.24) is 10.2 Å². The minimum Gasteiger partial charge on any atom is -0.313 e. The maximum atomic E-state index is 5.93. The summed E-state index contributed by atoms with van der Waals surface area (Å²) >= 11 is 5.93. The molecule has 0 aliphatic heterocycles. The standard InChI is InChI=1S/C16H27ClN2/c1-4-5-6-12-19(3)13-11-16(18-2)14-7-9-15(17)10-8-14/h7-10,16,18H,4-6,11-13H2,1-3H3. The van der Waals surface area contributed by atoms with Crippen LogP contribution in [0.5, 0.6) is 0 Å². The van der Waals surface area contributed by atoms with Gasteiger partial charge in [0.25, 0.3) is 0 Å². The van der Waals surface area contributed by atoms with Crippen LogP contribution in [0.3, 0.4) is 0 Å². The molecule has 19 heavy (non-hydrogen) atoms. The van der Waals surface area contributed by atoms with E-state index in [1.54, 1.807) is 0 Å². The highest BCUT2D eigenvalue weighted by atomic mass is 35.5. The van der Waals surface area contributed by atoms with Crippen molar-refractivity contribution in [2.45, 2.75) is 38.6 Å². The van der Waals surface area contributed by atoms with Gasteiger partial charge in [0.15, 0.2) is 0 Å². The molecule has 0 saturated heterocycles. The van der Waals surface area contributed by atoms with Gasteiger partial charge in [-0.3, -0.25) is 0 Å². The van der Waals surface area contributed by atoms with Gasteiger partial charge >= 0.3 is 0 Å². The molecular formula is C16H27ClN2. The third kappa shape index (κ3) is 6.42. The van der Waals surface area contributed by atoms with E-state index >= 15 is 0 Å². The average Bonchev–Trinajstić information content (AvgIpc) is 2.41. The number of nitrogens with one attached hydrogen (secondary N) is 1. The lowest BCUT2D eigenvalue weighted by Crippen LogP contribution is -2.26. The van der Waals surface area contributed by atoms with Gasteiger partial charge in [0.05, 0.1) is 0 Å². The molecule has 2 nitrogen and oxygen atoms in total. The number of nitrogens with zero attached hydrogens (tertiary/aromatic N) is 1. The van der Waals surface area contributed by atoms with E-state index in [-0.39, 0.29) is 0 Å². The van der Waals surface area contributed by atoms with Gasteiger partial charge in [-0.2, -0.15) is 0 Å². The van der Waals surface area contributed by atoms with Crippen molar-refractivity contribution in [3.63, 3.8) is 0 Å². The Morgan fingerprint density at radius 3 is 2.42 bits per heavy atom. The number of halogens is 1. The molecular weight excluding hydrogens is 256 g/mol.